The molecule has 2 aromatic carbocycles. The second-order valence-electron chi connectivity index (χ2n) is 9.25. The first kappa shape index (κ1) is 22.9. The molecule has 0 bridgehead atoms. The Morgan fingerprint density at radius 2 is 1.85 bits per heavy atom. The molecule has 0 radical (unpaired) electrons. The first-order valence-corrected chi connectivity index (χ1v) is 12.3. The van der Waals surface area contributed by atoms with Gasteiger partial charge in [-0.25, -0.2) is 13.6 Å². The zero-order chi connectivity index (χ0) is 24.0. The maximum absolute atomic E-state index is 13.3. The maximum atomic E-state index is 13.3. The fraction of sp³-hybridized carbons (Fsp3) is 0.280. The minimum Gasteiger partial charge on any atom is -0.326 e. The van der Waals surface area contributed by atoms with Crippen molar-refractivity contribution in [1.82, 2.24) is 4.57 Å². The number of aromatic nitrogens is 1. The SMILES string of the molecule is CC(Cc1cccn1-c1ccc(S(N)(=O)=O)cc1)C(=O)c1ccc2c(c1)C(C)(C)CC(=O)N2. The molecule has 172 valence electrons. The number of nitrogens with two attached hydrogens (primary N) is 1. The summed E-state index contributed by atoms with van der Waals surface area (Å²) < 4.78 is 25.0. The first-order valence-electron chi connectivity index (χ1n) is 10.7. The number of carbonyl (C=O) groups excluding carboxylic acids is 2. The summed E-state index contributed by atoms with van der Waals surface area (Å²) in [5.74, 6) is -0.262. The van der Waals surface area contributed by atoms with Gasteiger partial charge < -0.3 is 9.88 Å². The fourth-order valence-corrected chi connectivity index (χ4v) is 4.89. The molecule has 0 fully saturated rings. The predicted octanol–water partition coefficient (Wildman–Crippen LogP) is 3.81. The number of nitrogens with zero attached hydrogens (tertiary/aromatic N) is 1. The van der Waals surface area contributed by atoms with Crippen molar-refractivity contribution in [2.24, 2.45) is 11.1 Å². The number of hydrogen-bond donors (Lipinski definition) is 2. The number of nitrogens with one attached hydrogen (secondary N) is 1. The van der Waals surface area contributed by atoms with Crippen LogP contribution in [0.3, 0.4) is 0 Å². The molecule has 3 N–H and O–H groups in total. The van der Waals surface area contributed by atoms with E-state index in [1.54, 1.807) is 18.2 Å². The number of primary sulfonamides is 1. The van der Waals surface area contributed by atoms with Gasteiger partial charge in [-0.15, -0.1) is 0 Å². The van der Waals surface area contributed by atoms with Crippen LogP contribution in [0.5, 0.6) is 0 Å². The molecule has 1 amide bonds. The van der Waals surface area contributed by atoms with Crippen LogP contribution in [0, 0.1) is 5.92 Å². The van der Waals surface area contributed by atoms with Crippen molar-refractivity contribution in [2.45, 2.75) is 43.9 Å². The van der Waals surface area contributed by atoms with Gasteiger partial charge in [0.05, 0.1) is 4.90 Å². The number of benzene rings is 2. The third-order valence-corrected chi connectivity index (χ3v) is 7.08. The van der Waals surface area contributed by atoms with E-state index in [9.17, 15) is 18.0 Å². The van der Waals surface area contributed by atoms with Gasteiger partial charge in [0.2, 0.25) is 15.9 Å². The molecule has 0 aliphatic carbocycles. The van der Waals surface area contributed by atoms with Gasteiger partial charge >= 0.3 is 0 Å². The van der Waals surface area contributed by atoms with E-state index in [-0.39, 0.29) is 27.9 Å². The van der Waals surface area contributed by atoms with Crippen molar-refractivity contribution in [3.63, 3.8) is 0 Å². The molecule has 7 nitrogen and oxygen atoms in total. The molecule has 1 atom stereocenters. The van der Waals surface area contributed by atoms with Crippen LogP contribution in [0.15, 0.2) is 65.7 Å². The van der Waals surface area contributed by atoms with Crippen LogP contribution in [0.4, 0.5) is 5.69 Å². The topological polar surface area (TPSA) is 111 Å². The highest BCUT2D eigenvalue weighted by molar-refractivity contribution is 7.89. The molecule has 0 spiro atoms. The molecule has 0 saturated carbocycles. The largest absolute Gasteiger partial charge is 0.326 e. The zero-order valence-electron chi connectivity index (χ0n) is 18.8. The van der Waals surface area contributed by atoms with Gasteiger partial charge in [-0.3, -0.25) is 9.59 Å². The van der Waals surface area contributed by atoms with Gasteiger partial charge in [0.15, 0.2) is 5.78 Å². The summed E-state index contributed by atoms with van der Waals surface area (Å²) in [7, 11) is -3.75. The molecule has 1 aromatic heterocycles. The lowest BCUT2D eigenvalue weighted by molar-refractivity contribution is -0.117. The number of ketones is 1. The summed E-state index contributed by atoms with van der Waals surface area (Å²) in [5.41, 5.74) is 3.74. The first-order chi connectivity index (χ1) is 15.5. The molecule has 0 saturated heterocycles. The van der Waals surface area contributed by atoms with E-state index in [0.717, 1.165) is 22.6 Å². The van der Waals surface area contributed by atoms with E-state index in [4.69, 9.17) is 5.14 Å². The molecule has 3 aromatic rings. The predicted molar refractivity (Wildman–Crippen MR) is 127 cm³/mol. The van der Waals surface area contributed by atoms with E-state index in [1.807, 2.05) is 55.8 Å². The standard InChI is InChI=1S/C25H27N3O4S/c1-16(24(30)17-6-11-22-21(14-17)25(2,3)15-23(29)27-22)13-19-5-4-12-28(19)18-7-9-20(10-8-18)33(26,31)32/h4-12,14,16H,13,15H2,1-3H3,(H,27,29)(H2,26,31,32). The van der Waals surface area contributed by atoms with Crippen LogP contribution in [-0.2, 0) is 26.7 Å². The summed E-state index contributed by atoms with van der Waals surface area (Å²) in [4.78, 5) is 25.3. The summed E-state index contributed by atoms with van der Waals surface area (Å²) >= 11 is 0. The molecule has 8 heteroatoms. The third kappa shape index (κ3) is 4.62. The highest BCUT2D eigenvalue weighted by atomic mass is 32.2. The fourth-order valence-electron chi connectivity index (χ4n) is 4.38. The van der Waals surface area contributed by atoms with Crippen LogP contribution in [0.25, 0.3) is 5.69 Å². The summed E-state index contributed by atoms with van der Waals surface area (Å²) in [6, 6.07) is 15.6. The van der Waals surface area contributed by atoms with Crippen molar-refractivity contribution in [3.05, 3.63) is 77.6 Å². The second-order valence-corrected chi connectivity index (χ2v) is 10.8. The Labute approximate surface area is 193 Å². The monoisotopic (exact) mass is 465 g/mol. The Morgan fingerprint density at radius 3 is 2.52 bits per heavy atom. The van der Waals surface area contributed by atoms with E-state index in [1.165, 1.54) is 12.1 Å². The Morgan fingerprint density at radius 1 is 1.15 bits per heavy atom. The number of fused-ring (bicyclic) bond motifs is 1. The van der Waals surface area contributed by atoms with Gasteiger partial charge in [-0.05, 0) is 66.6 Å². The van der Waals surface area contributed by atoms with Crippen LogP contribution < -0.4 is 10.5 Å². The third-order valence-electron chi connectivity index (χ3n) is 6.15. The lowest BCUT2D eigenvalue weighted by atomic mass is 9.77. The number of hydrogen-bond acceptors (Lipinski definition) is 4. The van der Waals surface area contributed by atoms with E-state index in [0.29, 0.717) is 18.4 Å². The number of amides is 1. The summed E-state index contributed by atoms with van der Waals surface area (Å²) in [6.45, 7) is 5.92. The highest BCUT2D eigenvalue weighted by Crippen LogP contribution is 2.38. The smallest absolute Gasteiger partial charge is 0.238 e. The van der Waals surface area contributed by atoms with Gasteiger partial charge in [0.25, 0.3) is 0 Å². The zero-order valence-corrected chi connectivity index (χ0v) is 19.6. The van der Waals surface area contributed by atoms with Gasteiger partial charge in [-0.2, -0.15) is 0 Å². The Bertz CT molecular complexity index is 1340. The van der Waals surface area contributed by atoms with Gasteiger partial charge in [0.1, 0.15) is 0 Å². The molecule has 4 rings (SSSR count). The average Bonchev–Trinajstić information content (AvgIpc) is 3.20. The molecule has 1 aliphatic heterocycles. The Balaban J connectivity index is 1.56. The number of rotatable bonds is 6. The van der Waals surface area contributed by atoms with E-state index >= 15 is 0 Å². The second kappa shape index (κ2) is 8.28. The molecule has 1 unspecified atom stereocenters. The summed E-state index contributed by atoms with van der Waals surface area (Å²) in [5, 5.41) is 8.07. The van der Waals surface area contributed by atoms with E-state index < -0.39 is 10.0 Å². The minimum atomic E-state index is -3.75. The molecular weight excluding hydrogens is 438 g/mol. The maximum Gasteiger partial charge on any atom is 0.238 e. The van der Waals surface area contributed by atoms with Gasteiger partial charge in [-0.1, -0.05) is 20.8 Å². The minimum absolute atomic E-state index is 0.0159. The lowest BCUT2D eigenvalue weighted by Gasteiger charge is -2.32. The van der Waals surface area contributed by atoms with Crippen molar-refractivity contribution in [2.75, 3.05) is 5.32 Å². The summed E-state index contributed by atoms with van der Waals surface area (Å²) in [6.07, 6.45) is 2.77. The quantitative estimate of drug-likeness (QED) is 0.539. The average molecular weight is 466 g/mol. The Kier molecular flexibility index (Phi) is 5.76. The normalized spacial score (nSPS) is 16.1. The van der Waals surface area contributed by atoms with Crippen molar-refractivity contribution in [1.29, 1.82) is 0 Å². The van der Waals surface area contributed by atoms with Crippen molar-refractivity contribution < 1.29 is 18.0 Å². The van der Waals surface area contributed by atoms with Crippen LogP contribution >= 0.6 is 0 Å². The van der Waals surface area contributed by atoms with Crippen LogP contribution in [0.1, 0.15) is 48.8 Å². The van der Waals surface area contributed by atoms with Crippen LogP contribution in [-0.4, -0.2) is 24.7 Å². The van der Waals surface area contributed by atoms with Crippen molar-refractivity contribution in [3.8, 4) is 5.69 Å². The lowest BCUT2D eigenvalue weighted by Crippen LogP contribution is -2.32. The highest BCUT2D eigenvalue weighted by Gasteiger charge is 2.32. The molecule has 1 aliphatic rings. The molecule has 2 heterocycles. The number of anilines is 1. The number of carbonyl (C=O) groups is 2. The van der Waals surface area contributed by atoms with Crippen LogP contribution in [0.2, 0.25) is 0 Å². The number of Topliss-reactive ketones (excluding diaryl/α,β-unsaturated/α-hetero) is 1. The molecular formula is C25H27N3O4S. The van der Waals surface area contributed by atoms with Gasteiger partial charge in [0, 0.05) is 46.6 Å². The van der Waals surface area contributed by atoms with E-state index in [2.05, 4.69) is 5.32 Å². The van der Waals surface area contributed by atoms with Crippen molar-refractivity contribution >= 4 is 27.4 Å². The number of sulfonamides is 1. The Hall–Kier alpha value is -3.23. The molecule has 33 heavy (non-hydrogen) atoms.